The Labute approximate surface area is 133 Å². The number of hydrogen-bond acceptors (Lipinski definition) is 2. The third-order valence-electron chi connectivity index (χ3n) is 3.77. The zero-order chi connectivity index (χ0) is 16.2. The molecule has 0 saturated carbocycles. The first kappa shape index (κ1) is 15.4. The molecule has 0 amide bonds. The molecule has 1 aromatic heterocycles. The molecule has 118 valence electrons. The van der Waals surface area contributed by atoms with Gasteiger partial charge in [-0.25, -0.2) is 13.8 Å². The number of hydrogen-bond donors (Lipinski definition) is 1. The smallest absolute Gasteiger partial charge is 0.130 e. The minimum atomic E-state index is -0.290. The van der Waals surface area contributed by atoms with Crippen LogP contribution >= 0.6 is 0 Å². The Kier molecular flexibility index (Phi) is 4.48. The van der Waals surface area contributed by atoms with Gasteiger partial charge in [-0.05, 0) is 23.8 Å². The maximum atomic E-state index is 13.8. The highest BCUT2D eigenvalue weighted by Gasteiger charge is 2.18. The second-order valence-corrected chi connectivity index (χ2v) is 5.35. The summed E-state index contributed by atoms with van der Waals surface area (Å²) in [7, 11) is 1.89. The van der Waals surface area contributed by atoms with E-state index >= 15 is 0 Å². The van der Waals surface area contributed by atoms with Crippen molar-refractivity contribution in [3.63, 3.8) is 0 Å². The maximum Gasteiger partial charge on any atom is 0.130 e. The number of nitrogens with zero attached hydrogens (tertiary/aromatic N) is 2. The van der Waals surface area contributed by atoms with Gasteiger partial charge in [0, 0.05) is 31.5 Å². The summed E-state index contributed by atoms with van der Waals surface area (Å²) in [6.45, 7) is 0.349. The molecule has 0 spiro atoms. The van der Waals surface area contributed by atoms with Crippen molar-refractivity contribution in [3.05, 3.63) is 89.5 Å². The first-order valence-electron chi connectivity index (χ1n) is 7.34. The fraction of sp³-hybridized carbons (Fsp3) is 0.167. The van der Waals surface area contributed by atoms with Gasteiger partial charge in [-0.2, -0.15) is 0 Å². The van der Waals surface area contributed by atoms with Gasteiger partial charge in [0.15, 0.2) is 0 Å². The van der Waals surface area contributed by atoms with Crippen LogP contribution in [0, 0.1) is 11.6 Å². The third-order valence-corrected chi connectivity index (χ3v) is 3.77. The predicted molar refractivity (Wildman–Crippen MR) is 84.7 cm³/mol. The zero-order valence-electron chi connectivity index (χ0n) is 12.7. The van der Waals surface area contributed by atoms with Crippen LogP contribution in [0.4, 0.5) is 8.78 Å². The lowest BCUT2D eigenvalue weighted by atomic mass is 10.1. The Bertz CT molecular complexity index is 781. The monoisotopic (exact) mass is 313 g/mol. The zero-order valence-corrected chi connectivity index (χ0v) is 12.7. The third kappa shape index (κ3) is 3.46. The summed E-state index contributed by atoms with van der Waals surface area (Å²) in [4.78, 5) is 4.36. The predicted octanol–water partition coefficient (Wildman–Crippen LogP) is 3.58. The molecule has 0 saturated heterocycles. The number of aromatic nitrogens is 2. The van der Waals surface area contributed by atoms with Gasteiger partial charge in [0.25, 0.3) is 0 Å². The Morgan fingerprint density at radius 3 is 2.48 bits per heavy atom. The summed E-state index contributed by atoms with van der Waals surface area (Å²) in [5, 5.41) is 3.31. The van der Waals surface area contributed by atoms with Gasteiger partial charge in [-0.3, -0.25) is 5.32 Å². The summed E-state index contributed by atoms with van der Waals surface area (Å²) in [5.74, 6) is 0.243. The molecular formula is C18H17F2N3. The highest BCUT2D eigenvalue weighted by atomic mass is 19.1. The lowest BCUT2D eigenvalue weighted by molar-refractivity contribution is 0.534. The van der Waals surface area contributed by atoms with Gasteiger partial charge in [0.1, 0.15) is 17.5 Å². The second-order valence-electron chi connectivity index (χ2n) is 5.35. The summed E-state index contributed by atoms with van der Waals surface area (Å²) in [6, 6.07) is 12.6. The van der Waals surface area contributed by atoms with E-state index in [2.05, 4.69) is 10.3 Å². The summed E-state index contributed by atoms with van der Waals surface area (Å²) >= 11 is 0. The van der Waals surface area contributed by atoms with Gasteiger partial charge in [-0.15, -0.1) is 0 Å². The number of halogens is 2. The van der Waals surface area contributed by atoms with E-state index in [0.717, 1.165) is 11.4 Å². The van der Waals surface area contributed by atoms with E-state index in [1.165, 1.54) is 18.2 Å². The molecule has 1 heterocycles. The topological polar surface area (TPSA) is 29.9 Å². The molecule has 5 heteroatoms. The summed E-state index contributed by atoms with van der Waals surface area (Å²) < 4.78 is 28.9. The van der Waals surface area contributed by atoms with E-state index in [9.17, 15) is 8.78 Å². The first-order chi connectivity index (χ1) is 11.1. The lowest BCUT2D eigenvalue weighted by Gasteiger charge is -2.19. The Morgan fingerprint density at radius 1 is 1.09 bits per heavy atom. The van der Waals surface area contributed by atoms with Crippen molar-refractivity contribution < 1.29 is 8.78 Å². The van der Waals surface area contributed by atoms with Crippen molar-refractivity contribution in [1.29, 1.82) is 0 Å². The standard InChI is InChI=1S/C18H17F2N3/c1-23-11-10-21-18(23)17(13-6-8-15(19)9-7-13)22-12-14-4-2-3-5-16(14)20/h2-11,17,22H,12H2,1H3. The fourth-order valence-corrected chi connectivity index (χ4v) is 2.52. The van der Waals surface area contributed by atoms with Crippen LogP contribution in [-0.4, -0.2) is 9.55 Å². The van der Waals surface area contributed by atoms with Crippen LogP contribution in [0.5, 0.6) is 0 Å². The Morgan fingerprint density at radius 2 is 1.83 bits per heavy atom. The summed E-state index contributed by atoms with van der Waals surface area (Å²) in [5.41, 5.74) is 1.45. The second kappa shape index (κ2) is 6.71. The first-order valence-corrected chi connectivity index (χ1v) is 7.34. The highest BCUT2D eigenvalue weighted by Crippen LogP contribution is 2.21. The number of aryl methyl sites for hydroxylation is 1. The van der Waals surface area contributed by atoms with E-state index < -0.39 is 0 Å². The molecule has 0 radical (unpaired) electrons. The maximum absolute atomic E-state index is 13.8. The lowest BCUT2D eigenvalue weighted by Crippen LogP contribution is -2.25. The summed E-state index contributed by atoms with van der Waals surface area (Å²) in [6.07, 6.45) is 3.55. The molecular weight excluding hydrogens is 296 g/mol. The molecule has 0 bridgehead atoms. The average Bonchev–Trinajstić information content (AvgIpc) is 2.97. The molecule has 0 aliphatic heterocycles. The van der Waals surface area contributed by atoms with Crippen LogP contribution in [0.15, 0.2) is 60.9 Å². The van der Waals surface area contributed by atoms with E-state index in [-0.39, 0.29) is 17.7 Å². The molecule has 1 unspecified atom stereocenters. The number of benzene rings is 2. The molecule has 0 fully saturated rings. The molecule has 1 N–H and O–H groups in total. The molecule has 3 nitrogen and oxygen atoms in total. The number of rotatable bonds is 5. The van der Waals surface area contributed by atoms with Crippen LogP contribution in [0.3, 0.4) is 0 Å². The molecule has 0 aliphatic carbocycles. The SMILES string of the molecule is Cn1ccnc1C(NCc1ccccc1F)c1ccc(F)cc1. The van der Waals surface area contributed by atoms with Crippen molar-refractivity contribution in [2.45, 2.75) is 12.6 Å². The van der Waals surface area contributed by atoms with Crippen molar-refractivity contribution in [2.75, 3.05) is 0 Å². The van der Waals surface area contributed by atoms with E-state index in [1.54, 1.807) is 36.5 Å². The quantitative estimate of drug-likeness (QED) is 0.780. The molecule has 1 atom stereocenters. The molecule has 2 aromatic carbocycles. The normalized spacial score (nSPS) is 12.3. The minimum Gasteiger partial charge on any atom is -0.336 e. The Balaban J connectivity index is 1.88. The fourth-order valence-electron chi connectivity index (χ4n) is 2.52. The van der Waals surface area contributed by atoms with E-state index in [4.69, 9.17) is 0 Å². The van der Waals surface area contributed by atoms with E-state index in [0.29, 0.717) is 12.1 Å². The van der Waals surface area contributed by atoms with Gasteiger partial charge in [0.2, 0.25) is 0 Å². The highest BCUT2D eigenvalue weighted by molar-refractivity contribution is 5.26. The Hall–Kier alpha value is -2.53. The van der Waals surface area contributed by atoms with Crippen molar-refractivity contribution in [3.8, 4) is 0 Å². The van der Waals surface area contributed by atoms with Gasteiger partial charge in [-0.1, -0.05) is 30.3 Å². The molecule has 0 aliphatic rings. The van der Waals surface area contributed by atoms with Gasteiger partial charge >= 0.3 is 0 Å². The van der Waals surface area contributed by atoms with E-state index in [1.807, 2.05) is 17.8 Å². The minimum absolute atomic E-state index is 0.252. The largest absolute Gasteiger partial charge is 0.336 e. The average molecular weight is 313 g/mol. The number of nitrogens with one attached hydrogen (secondary N) is 1. The van der Waals surface area contributed by atoms with Gasteiger partial charge in [0.05, 0.1) is 6.04 Å². The molecule has 3 aromatic rings. The number of imidazole rings is 1. The van der Waals surface area contributed by atoms with Gasteiger partial charge < -0.3 is 4.57 Å². The molecule has 23 heavy (non-hydrogen) atoms. The van der Waals surface area contributed by atoms with Crippen LogP contribution in [0.1, 0.15) is 23.0 Å². The van der Waals surface area contributed by atoms with Crippen LogP contribution in [0.2, 0.25) is 0 Å². The van der Waals surface area contributed by atoms with Crippen LogP contribution in [0.25, 0.3) is 0 Å². The van der Waals surface area contributed by atoms with Crippen molar-refractivity contribution in [2.24, 2.45) is 7.05 Å². The van der Waals surface area contributed by atoms with Crippen LogP contribution in [-0.2, 0) is 13.6 Å². The molecule has 3 rings (SSSR count). The van der Waals surface area contributed by atoms with Crippen molar-refractivity contribution >= 4 is 0 Å². The van der Waals surface area contributed by atoms with Crippen molar-refractivity contribution in [1.82, 2.24) is 14.9 Å². The van der Waals surface area contributed by atoms with Crippen LogP contribution < -0.4 is 5.32 Å².